The maximum atomic E-state index is 12.3. The van der Waals surface area contributed by atoms with Crippen LogP contribution in [0.1, 0.15) is 15.9 Å². The molecule has 22 heavy (non-hydrogen) atoms. The van der Waals surface area contributed by atoms with Crippen LogP contribution in [-0.2, 0) is 6.42 Å². The Bertz CT molecular complexity index is 859. The molecule has 3 aromatic rings. The Morgan fingerprint density at radius 2 is 2.00 bits per heavy atom. The molecule has 0 atom stereocenters. The maximum Gasteiger partial charge on any atom is 0.270 e. The monoisotopic (exact) mass is 294 g/mol. The summed E-state index contributed by atoms with van der Waals surface area (Å²) < 4.78 is 1.36. The van der Waals surface area contributed by atoms with E-state index in [1.165, 1.54) is 10.6 Å². The van der Waals surface area contributed by atoms with Gasteiger partial charge in [0.1, 0.15) is 11.2 Å². The lowest BCUT2D eigenvalue weighted by Crippen LogP contribution is -2.32. The van der Waals surface area contributed by atoms with E-state index in [1.54, 1.807) is 36.8 Å². The fourth-order valence-electron chi connectivity index (χ4n) is 2.15. The van der Waals surface area contributed by atoms with E-state index in [-0.39, 0.29) is 11.1 Å². The Hall–Kier alpha value is -3.02. The van der Waals surface area contributed by atoms with Gasteiger partial charge in [-0.05, 0) is 36.2 Å². The van der Waals surface area contributed by atoms with E-state index >= 15 is 0 Å². The number of amides is 1. The van der Waals surface area contributed by atoms with Gasteiger partial charge in [-0.3, -0.25) is 19.0 Å². The number of aromatic nitrogens is 3. The van der Waals surface area contributed by atoms with Crippen LogP contribution in [0.25, 0.3) is 5.65 Å². The van der Waals surface area contributed by atoms with Crippen LogP contribution in [-0.4, -0.2) is 26.8 Å². The topological polar surface area (TPSA) is 76.4 Å². The molecule has 0 aliphatic carbocycles. The van der Waals surface area contributed by atoms with Crippen molar-refractivity contribution in [3.05, 3.63) is 76.6 Å². The fraction of sp³-hybridized carbons (Fsp3) is 0.125. The van der Waals surface area contributed by atoms with Gasteiger partial charge >= 0.3 is 0 Å². The molecule has 0 spiro atoms. The zero-order valence-electron chi connectivity index (χ0n) is 11.8. The van der Waals surface area contributed by atoms with Crippen molar-refractivity contribution in [2.75, 3.05) is 6.54 Å². The first-order chi connectivity index (χ1) is 10.8. The molecular weight excluding hydrogens is 280 g/mol. The van der Waals surface area contributed by atoms with Crippen molar-refractivity contribution in [1.29, 1.82) is 0 Å². The summed E-state index contributed by atoms with van der Waals surface area (Å²) in [6.07, 6.45) is 7.00. The molecular formula is C16H14N4O2. The molecule has 0 aliphatic heterocycles. The minimum absolute atomic E-state index is 0.0402. The van der Waals surface area contributed by atoms with Crippen LogP contribution in [0.2, 0.25) is 0 Å². The second-order valence-electron chi connectivity index (χ2n) is 4.77. The highest BCUT2D eigenvalue weighted by atomic mass is 16.2. The summed E-state index contributed by atoms with van der Waals surface area (Å²) in [5, 5.41) is 2.74. The third-order valence-electron chi connectivity index (χ3n) is 3.31. The molecule has 6 heteroatoms. The van der Waals surface area contributed by atoms with E-state index in [2.05, 4.69) is 15.3 Å². The van der Waals surface area contributed by atoms with Gasteiger partial charge in [0.2, 0.25) is 0 Å². The molecule has 3 rings (SSSR count). The largest absolute Gasteiger partial charge is 0.351 e. The van der Waals surface area contributed by atoms with E-state index in [1.807, 2.05) is 12.1 Å². The van der Waals surface area contributed by atoms with Crippen molar-refractivity contribution >= 4 is 11.6 Å². The number of fused-ring (bicyclic) bond motifs is 1. The second kappa shape index (κ2) is 6.17. The molecule has 0 bridgehead atoms. The molecule has 0 saturated carbocycles. The fourth-order valence-corrected chi connectivity index (χ4v) is 2.15. The molecule has 0 radical (unpaired) electrons. The smallest absolute Gasteiger partial charge is 0.270 e. The predicted molar refractivity (Wildman–Crippen MR) is 81.7 cm³/mol. The van der Waals surface area contributed by atoms with Crippen molar-refractivity contribution in [2.24, 2.45) is 0 Å². The average molecular weight is 294 g/mol. The quantitative estimate of drug-likeness (QED) is 0.780. The number of nitrogens with zero attached hydrogens (tertiary/aromatic N) is 3. The number of nitrogens with one attached hydrogen (secondary N) is 1. The zero-order valence-corrected chi connectivity index (χ0v) is 11.8. The molecule has 3 aromatic heterocycles. The van der Waals surface area contributed by atoms with Crippen molar-refractivity contribution < 1.29 is 4.79 Å². The standard InChI is InChI=1S/C16H14N4O2/c21-15(18-9-6-12-4-7-17-8-5-12)13-11-19-14-3-1-2-10-20(14)16(13)22/h1-5,7-8,10-11H,6,9H2,(H,18,21). The lowest BCUT2D eigenvalue weighted by Gasteiger charge is -2.06. The number of hydrogen-bond donors (Lipinski definition) is 1. The molecule has 0 unspecified atom stereocenters. The number of carbonyl (C=O) groups is 1. The summed E-state index contributed by atoms with van der Waals surface area (Å²) in [5.74, 6) is -0.412. The predicted octanol–water partition coefficient (Wildman–Crippen LogP) is 1.06. The first kappa shape index (κ1) is 13.9. The highest BCUT2D eigenvalue weighted by molar-refractivity contribution is 5.93. The Morgan fingerprint density at radius 1 is 1.18 bits per heavy atom. The van der Waals surface area contributed by atoms with Gasteiger partial charge in [-0.15, -0.1) is 0 Å². The van der Waals surface area contributed by atoms with Crippen LogP contribution >= 0.6 is 0 Å². The van der Waals surface area contributed by atoms with Crippen LogP contribution in [0.4, 0.5) is 0 Å². The first-order valence-corrected chi connectivity index (χ1v) is 6.89. The van der Waals surface area contributed by atoms with Gasteiger partial charge in [0.15, 0.2) is 0 Å². The normalized spacial score (nSPS) is 10.5. The van der Waals surface area contributed by atoms with E-state index in [4.69, 9.17) is 0 Å². The Labute approximate surface area is 126 Å². The highest BCUT2D eigenvalue weighted by Gasteiger charge is 2.12. The van der Waals surface area contributed by atoms with Gasteiger partial charge in [-0.2, -0.15) is 0 Å². The van der Waals surface area contributed by atoms with Crippen LogP contribution in [0.15, 0.2) is 59.9 Å². The summed E-state index contributed by atoms with van der Waals surface area (Å²) >= 11 is 0. The summed E-state index contributed by atoms with van der Waals surface area (Å²) in [6, 6.07) is 9.00. The molecule has 0 fully saturated rings. The van der Waals surface area contributed by atoms with Crippen molar-refractivity contribution in [2.45, 2.75) is 6.42 Å². The number of rotatable bonds is 4. The third-order valence-corrected chi connectivity index (χ3v) is 3.31. The summed E-state index contributed by atoms with van der Waals surface area (Å²) in [4.78, 5) is 32.4. The van der Waals surface area contributed by atoms with E-state index in [0.29, 0.717) is 18.6 Å². The minimum atomic E-state index is -0.412. The molecule has 0 saturated heterocycles. The lowest BCUT2D eigenvalue weighted by molar-refractivity contribution is 0.0952. The van der Waals surface area contributed by atoms with E-state index in [0.717, 1.165) is 5.56 Å². The molecule has 1 amide bonds. The molecule has 0 aromatic carbocycles. The molecule has 3 heterocycles. The van der Waals surface area contributed by atoms with Gasteiger partial charge in [-0.1, -0.05) is 6.07 Å². The van der Waals surface area contributed by atoms with Gasteiger partial charge in [0.25, 0.3) is 11.5 Å². The van der Waals surface area contributed by atoms with Gasteiger partial charge in [0.05, 0.1) is 0 Å². The zero-order chi connectivity index (χ0) is 15.4. The van der Waals surface area contributed by atoms with Crippen LogP contribution in [0, 0.1) is 0 Å². The summed E-state index contributed by atoms with van der Waals surface area (Å²) in [6.45, 7) is 0.444. The Kier molecular flexibility index (Phi) is 3.91. The maximum absolute atomic E-state index is 12.3. The van der Waals surface area contributed by atoms with Crippen LogP contribution in [0.5, 0.6) is 0 Å². The average Bonchev–Trinajstić information content (AvgIpc) is 2.56. The molecule has 0 aliphatic rings. The van der Waals surface area contributed by atoms with Gasteiger partial charge in [0, 0.05) is 31.3 Å². The summed E-state index contributed by atoms with van der Waals surface area (Å²) in [7, 11) is 0. The molecule has 1 N–H and O–H groups in total. The highest BCUT2D eigenvalue weighted by Crippen LogP contribution is 1.99. The van der Waals surface area contributed by atoms with Crippen molar-refractivity contribution in [3.63, 3.8) is 0 Å². The third kappa shape index (κ3) is 2.85. The number of carbonyl (C=O) groups excluding carboxylic acids is 1. The SMILES string of the molecule is O=C(NCCc1ccncc1)c1cnc2ccccn2c1=O. The van der Waals surface area contributed by atoms with Crippen molar-refractivity contribution in [1.82, 2.24) is 19.7 Å². The van der Waals surface area contributed by atoms with E-state index < -0.39 is 5.91 Å². The van der Waals surface area contributed by atoms with Crippen LogP contribution < -0.4 is 10.9 Å². The van der Waals surface area contributed by atoms with Crippen molar-refractivity contribution in [3.8, 4) is 0 Å². The molecule has 110 valence electrons. The molecule has 6 nitrogen and oxygen atoms in total. The van der Waals surface area contributed by atoms with Gasteiger partial charge < -0.3 is 5.32 Å². The number of hydrogen-bond acceptors (Lipinski definition) is 4. The second-order valence-corrected chi connectivity index (χ2v) is 4.77. The Morgan fingerprint density at radius 3 is 2.82 bits per heavy atom. The minimum Gasteiger partial charge on any atom is -0.351 e. The van der Waals surface area contributed by atoms with Crippen LogP contribution in [0.3, 0.4) is 0 Å². The number of pyridine rings is 2. The first-order valence-electron chi connectivity index (χ1n) is 6.89. The lowest BCUT2D eigenvalue weighted by atomic mass is 10.2. The summed E-state index contributed by atoms with van der Waals surface area (Å²) in [5.41, 5.74) is 1.26. The van der Waals surface area contributed by atoms with Gasteiger partial charge in [-0.25, -0.2) is 4.98 Å². The van der Waals surface area contributed by atoms with E-state index in [9.17, 15) is 9.59 Å². The Balaban J connectivity index is 1.73.